The van der Waals surface area contributed by atoms with E-state index < -0.39 is 0 Å². The Kier molecular flexibility index (Phi) is 3.80. The number of rotatable bonds is 3. The molecular formula is C15H23N5O. The SMILES string of the molecule is CCC(C)N1CCN(c2ncc3c(n2)N(C)C(=O)C3)CC1. The van der Waals surface area contributed by atoms with E-state index in [0.29, 0.717) is 12.5 Å². The van der Waals surface area contributed by atoms with Gasteiger partial charge >= 0.3 is 0 Å². The highest BCUT2D eigenvalue weighted by Gasteiger charge is 2.28. The largest absolute Gasteiger partial charge is 0.338 e. The highest BCUT2D eigenvalue weighted by molar-refractivity contribution is 5.99. The van der Waals surface area contributed by atoms with Gasteiger partial charge in [-0.15, -0.1) is 0 Å². The van der Waals surface area contributed by atoms with Gasteiger partial charge in [0.25, 0.3) is 0 Å². The maximum Gasteiger partial charge on any atom is 0.232 e. The Bertz CT molecular complexity index is 539. The molecule has 1 amide bonds. The number of amides is 1. The maximum atomic E-state index is 11.7. The van der Waals surface area contributed by atoms with Gasteiger partial charge in [0.2, 0.25) is 11.9 Å². The van der Waals surface area contributed by atoms with E-state index in [1.807, 2.05) is 0 Å². The molecule has 2 aliphatic rings. The molecule has 0 N–H and O–H groups in total. The molecule has 1 atom stereocenters. The van der Waals surface area contributed by atoms with Crippen LogP contribution in [-0.4, -0.2) is 60.0 Å². The summed E-state index contributed by atoms with van der Waals surface area (Å²) in [4.78, 5) is 27.1. The first-order valence-corrected chi connectivity index (χ1v) is 7.71. The topological polar surface area (TPSA) is 52.6 Å². The van der Waals surface area contributed by atoms with Gasteiger partial charge in [-0.25, -0.2) is 4.98 Å². The van der Waals surface area contributed by atoms with Gasteiger partial charge in [0.05, 0.1) is 6.42 Å². The predicted octanol–water partition coefficient (Wildman–Crippen LogP) is 0.916. The van der Waals surface area contributed by atoms with Gasteiger partial charge in [0, 0.05) is 51.0 Å². The zero-order valence-electron chi connectivity index (χ0n) is 13.0. The Labute approximate surface area is 125 Å². The van der Waals surface area contributed by atoms with Crippen LogP contribution in [0, 0.1) is 0 Å². The predicted molar refractivity (Wildman–Crippen MR) is 82.7 cm³/mol. The van der Waals surface area contributed by atoms with Crippen LogP contribution < -0.4 is 9.80 Å². The van der Waals surface area contributed by atoms with Crippen molar-refractivity contribution in [3.05, 3.63) is 11.8 Å². The molecule has 3 heterocycles. The van der Waals surface area contributed by atoms with Gasteiger partial charge in [-0.2, -0.15) is 4.98 Å². The Morgan fingerprint density at radius 2 is 2.00 bits per heavy atom. The van der Waals surface area contributed by atoms with Crippen LogP contribution in [0.3, 0.4) is 0 Å². The van der Waals surface area contributed by atoms with Crippen molar-refractivity contribution in [2.75, 3.05) is 43.0 Å². The minimum absolute atomic E-state index is 0.0954. The van der Waals surface area contributed by atoms with Crippen LogP contribution in [0.4, 0.5) is 11.8 Å². The summed E-state index contributed by atoms with van der Waals surface area (Å²) < 4.78 is 0. The molecule has 0 aromatic carbocycles. The number of aromatic nitrogens is 2. The molecule has 0 radical (unpaired) electrons. The summed E-state index contributed by atoms with van der Waals surface area (Å²) in [5.41, 5.74) is 0.935. The second kappa shape index (κ2) is 5.60. The summed E-state index contributed by atoms with van der Waals surface area (Å²) >= 11 is 0. The van der Waals surface area contributed by atoms with Crippen molar-refractivity contribution in [3.63, 3.8) is 0 Å². The zero-order chi connectivity index (χ0) is 15.0. The zero-order valence-corrected chi connectivity index (χ0v) is 13.0. The second-order valence-electron chi connectivity index (χ2n) is 5.93. The summed E-state index contributed by atoms with van der Waals surface area (Å²) in [6.07, 6.45) is 3.41. The molecule has 1 unspecified atom stereocenters. The van der Waals surface area contributed by atoms with Crippen molar-refractivity contribution in [2.45, 2.75) is 32.7 Å². The van der Waals surface area contributed by atoms with Crippen molar-refractivity contribution in [1.29, 1.82) is 0 Å². The number of likely N-dealkylation sites (N-methyl/N-ethyl adjacent to an activating group) is 1. The highest BCUT2D eigenvalue weighted by Crippen LogP contribution is 2.26. The molecule has 1 aromatic heterocycles. The molecule has 1 fully saturated rings. The van der Waals surface area contributed by atoms with E-state index in [1.165, 1.54) is 6.42 Å². The third kappa shape index (κ3) is 2.60. The average molecular weight is 289 g/mol. The third-order valence-electron chi connectivity index (χ3n) is 4.67. The molecule has 1 aromatic rings. The number of hydrogen-bond donors (Lipinski definition) is 0. The molecule has 2 aliphatic heterocycles. The van der Waals surface area contributed by atoms with Crippen LogP contribution in [0.1, 0.15) is 25.8 Å². The molecule has 3 rings (SSSR count). The van der Waals surface area contributed by atoms with Gasteiger partial charge in [-0.05, 0) is 13.3 Å². The first kappa shape index (κ1) is 14.3. The highest BCUT2D eigenvalue weighted by atomic mass is 16.2. The molecular weight excluding hydrogens is 266 g/mol. The van der Waals surface area contributed by atoms with E-state index in [2.05, 4.69) is 33.6 Å². The van der Waals surface area contributed by atoms with Crippen LogP contribution in [0.5, 0.6) is 0 Å². The summed E-state index contributed by atoms with van der Waals surface area (Å²) in [5, 5.41) is 0. The number of carbonyl (C=O) groups excluding carboxylic acids is 1. The molecule has 21 heavy (non-hydrogen) atoms. The number of piperazine rings is 1. The first-order valence-electron chi connectivity index (χ1n) is 7.71. The van der Waals surface area contributed by atoms with Crippen molar-refractivity contribution in [3.8, 4) is 0 Å². The molecule has 0 saturated carbocycles. The van der Waals surface area contributed by atoms with Crippen LogP contribution in [-0.2, 0) is 11.2 Å². The molecule has 0 spiro atoms. The molecule has 6 nitrogen and oxygen atoms in total. The van der Waals surface area contributed by atoms with Crippen LogP contribution >= 0.6 is 0 Å². The molecule has 0 aliphatic carbocycles. The van der Waals surface area contributed by atoms with Crippen molar-refractivity contribution >= 4 is 17.7 Å². The number of anilines is 2. The quantitative estimate of drug-likeness (QED) is 0.828. The molecule has 1 saturated heterocycles. The average Bonchev–Trinajstić information content (AvgIpc) is 2.81. The lowest BCUT2D eigenvalue weighted by Crippen LogP contribution is -2.50. The fourth-order valence-corrected chi connectivity index (χ4v) is 2.98. The van der Waals surface area contributed by atoms with E-state index >= 15 is 0 Å². The fraction of sp³-hybridized carbons (Fsp3) is 0.667. The summed E-state index contributed by atoms with van der Waals surface area (Å²) in [7, 11) is 1.78. The standard InChI is InChI=1S/C15H23N5O/c1-4-11(2)19-5-7-20(8-6-19)15-16-10-12-9-13(21)18(3)14(12)17-15/h10-11H,4-9H2,1-3H3. The second-order valence-corrected chi connectivity index (χ2v) is 5.93. The van der Waals surface area contributed by atoms with E-state index in [0.717, 1.165) is 43.5 Å². The van der Waals surface area contributed by atoms with E-state index in [1.54, 1.807) is 18.1 Å². The van der Waals surface area contributed by atoms with Gasteiger partial charge < -0.3 is 4.90 Å². The van der Waals surface area contributed by atoms with Gasteiger partial charge in [-0.1, -0.05) is 6.92 Å². The van der Waals surface area contributed by atoms with E-state index in [-0.39, 0.29) is 5.91 Å². The molecule has 6 heteroatoms. The first-order chi connectivity index (χ1) is 10.1. The lowest BCUT2D eigenvalue weighted by Gasteiger charge is -2.37. The van der Waals surface area contributed by atoms with E-state index in [9.17, 15) is 4.79 Å². The van der Waals surface area contributed by atoms with Crippen molar-refractivity contribution in [2.24, 2.45) is 0 Å². The van der Waals surface area contributed by atoms with Crippen LogP contribution in [0.2, 0.25) is 0 Å². The summed E-state index contributed by atoms with van der Waals surface area (Å²) in [5.74, 6) is 1.62. The normalized spacial score (nSPS) is 20.8. The lowest BCUT2D eigenvalue weighted by molar-refractivity contribution is -0.117. The summed E-state index contributed by atoms with van der Waals surface area (Å²) in [6, 6.07) is 0.636. The fourth-order valence-electron chi connectivity index (χ4n) is 2.98. The van der Waals surface area contributed by atoms with Gasteiger partial charge in [-0.3, -0.25) is 14.6 Å². The lowest BCUT2D eigenvalue weighted by atomic mass is 10.2. The number of carbonyl (C=O) groups is 1. The van der Waals surface area contributed by atoms with Crippen LogP contribution in [0.15, 0.2) is 6.20 Å². The number of hydrogen-bond acceptors (Lipinski definition) is 5. The summed E-state index contributed by atoms with van der Waals surface area (Å²) in [6.45, 7) is 8.49. The van der Waals surface area contributed by atoms with Gasteiger partial charge in [0.1, 0.15) is 5.82 Å². The Morgan fingerprint density at radius 1 is 1.29 bits per heavy atom. The Hall–Kier alpha value is -1.69. The van der Waals surface area contributed by atoms with Crippen LogP contribution in [0.25, 0.3) is 0 Å². The third-order valence-corrected chi connectivity index (χ3v) is 4.67. The monoisotopic (exact) mass is 289 g/mol. The Morgan fingerprint density at radius 3 is 2.67 bits per heavy atom. The number of nitrogens with zero attached hydrogens (tertiary/aromatic N) is 5. The minimum Gasteiger partial charge on any atom is -0.338 e. The molecule has 0 bridgehead atoms. The van der Waals surface area contributed by atoms with E-state index in [4.69, 9.17) is 0 Å². The van der Waals surface area contributed by atoms with Gasteiger partial charge in [0.15, 0.2) is 0 Å². The Balaban J connectivity index is 1.71. The minimum atomic E-state index is 0.0954. The number of fused-ring (bicyclic) bond motifs is 1. The van der Waals surface area contributed by atoms with Crippen molar-refractivity contribution in [1.82, 2.24) is 14.9 Å². The molecule has 114 valence electrons. The van der Waals surface area contributed by atoms with Crippen molar-refractivity contribution < 1.29 is 4.79 Å². The maximum absolute atomic E-state index is 11.7. The smallest absolute Gasteiger partial charge is 0.232 e.